The highest BCUT2D eigenvalue weighted by Gasteiger charge is 2.42. The minimum absolute atomic E-state index is 0.346. The number of methoxy groups -OCH3 is 1. The number of ether oxygens (including phenoxy) is 2. The normalized spacial score (nSPS) is 15.3. The number of aryl methyl sites for hydroxylation is 2. The summed E-state index contributed by atoms with van der Waals surface area (Å²) in [6, 6.07) is 29.6. The van der Waals surface area contributed by atoms with E-state index in [4.69, 9.17) is 14.6 Å². The molecule has 1 N–H and O–H groups in total. The zero-order chi connectivity index (χ0) is 26.2. The number of carboxylic acid groups (broad SMARTS) is 1. The second kappa shape index (κ2) is 9.71. The minimum Gasteiger partial charge on any atom is -0.482 e. The number of carbonyl (C=O) groups excluding carboxylic acids is 1. The number of aliphatic carboxylic acids is 1. The van der Waals surface area contributed by atoms with E-state index in [-0.39, 0.29) is 6.04 Å². The summed E-state index contributed by atoms with van der Waals surface area (Å²) in [4.78, 5) is 26.8. The van der Waals surface area contributed by atoms with Gasteiger partial charge in [-0.05, 0) is 69.5 Å². The summed E-state index contributed by atoms with van der Waals surface area (Å²) in [5.74, 6) is -0.530. The lowest BCUT2D eigenvalue weighted by atomic mass is 9.90. The third-order valence-corrected chi connectivity index (χ3v) is 7.53. The average Bonchev–Trinajstić information content (AvgIpc) is 3.18. The molecular weight excluding hydrogens is 478 g/mol. The summed E-state index contributed by atoms with van der Waals surface area (Å²) >= 11 is 0. The van der Waals surface area contributed by atoms with Crippen LogP contribution in [0.1, 0.15) is 45.5 Å². The number of hydrogen-bond donors (Lipinski definition) is 1. The molecule has 2 aliphatic carbocycles. The van der Waals surface area contributed by atoms with Gasteiger partial charge in [-0.2, -0.15) is 0 Å². The Morgan fingerprint density at radius 1 is 0.763 bits per heavy atom. The van der Waals surface area contributed by atoms with Crippen molar-refractivity contribution in [3.8, 4) is 16.9 Å². The van der Waals surface area contributed by atoms with Crippen molar-refractivity contribution in [2.24, 2.45) is 0 Å². The third-order valence-electron chi connectivity index (χ3n) is 7.53. The van der Waals surface area contributed by atoms with Crippen LogP contribution in [0.15, 0.2) is 91.0 Å². The maximum absolute atomic E-state index is 13.8. The van der Waals surface area contributed by atoms with Gasteiger partial charge in [-0.25, -0.2) is 9.59 Å². The van der Waals surface area contributed by atoms with Crippen LogP contribution in [-0.4, -0.2) is 35.8 Å². The van der Waals surface area contributed by atoms with Crippen molar-refractivity contribution in [2.45, 2.75) is 24.9 Å². The number of nitrogens with zero attached hydrogens (tertiary/aromatic N) is 1. The fraction of sp³-hybridized carbons (Fsp3) is 0.188. The topological polar surface area (TPSA) is 76.1 Å². The number of fused-ring (bicyclic) bond motifs is 5. The Morgan fingerprint density at radius 3 is 1.97 bits per heavy atom. The first kappa shape index (κ1) is 23.8. The lowest BCUT2D eigenvalue weighted by molar-refractivity contribution is -0.139. The Kier molecular flexibility index (Phi) is 6.08. The standard InChI is InChI=1S/C32H27NO5/c1-37-32(36)33(31-27-12-6-4-10-25(27)26-11-5-7-13-28(26)31)30-23-9-3-2-8-20(23)14-15-21-18-22(16-17-24(21)30)38-19-29(34)35/h2-13,16-18,30-31H,14-15,19H2,1H3,(H,34,35). The molecule has 0 aliphatic heterocycles. The van der Waals surface area contributed by atoms with Crippen molar-refractivity contribution in [2.75, 3.05) is 13.7 Å². The molecule has 0 radical (unpaired) electrons. The van der Waals surface area contributed by atoms with Crippen LogP contribution in [0.4, 0.5) is 4.79 Å². The van der Waals surface area contributed by atoms with Gasteiger partial charge in [0.2, 0.25) is 0 Å². The van der Waals surface area contributed by atoms with Crippen molar-refractivity contribution < 1.29 is 24.2 Å². The molecule has 6 nitrogen and oxygen atoms in total. The van der Waals surface area contributed by atoms with E-state index >= 15 is 0 Å². The van der Waals surface area contributed by atoms with Crippen LogP contribution < -0.4 is 4.74 Å². The largest absolute Gasteiger partial charge is 0.482 e. The van der Waals surface area contributed by atoms with Crippen LogP contribution in [0, 0.1) is 0 Å². The van der Waals surface area contributed by atoms with Crippen LogP contribution in [0.5, 0.6) is 5.75 Å². The van der Waals surface area contributed by atoms with Gasteiger partial charge in [0.15, 0.2) is 6.61 Å². The van der Waals surface area contributed by atoms with Gasteiger partial charge in [-0.3, -0.25) is 4.90 Å². The lowest BCUT2D eigenvalue weighted by Gasteiger charge is -2.37. The van der Waals surface area contributed by atoms with Crippen LogP contribution >= 0.6 is 0 Å². The van der Waals surface area contributed by atoms with Crippen molar-refractivity contribution in [3.63, 3.8) is 0 Å². The quantitative estimate of drug-likeness (QED) is 0.351. The molecule has 6 heteroatoms. The average molecular weight is 506 g/mol. The summed E-state index contributed by atoms with van der Waals surface area (Å²) in [5.41, 5.74) is 8.55. The van der Waals surface area contributed by atoms with E-state index in [1.165, 1.54) is 7.11 Å². The highest BCUT2D eigenvalue weighted by atomic mass is 16.5. The van der Waals surface area contributed by atoms with Gasteiger partial charge in [0.25, 0.3) is 0 Å². The Balaban J connectivity index is 1.56. The first-order chi connectivity index (χ1) is 18.6. The van der Waals surface area contributed by atoms with Crippen molar-refractivity contribution in [1.82, 2.24) is 4.90 Å². The third kappa shape index (κ3) is 3.98. The minimum atomic E-state index is -1.03. The molecule has 0 bridgehead atoms. The van der Waals surface area contributed by atoms with Gasteiger partial charge in [0.05, 0.1) is 19.2 Å². The van der Waals surface area contributed by atoms with Crippen molar-refractivity contribution >= 4 is 12.1 Å². The molecule has 0 spiro atoms. The first-order valence-corrected chi connectivity index (χ1v) is 12.7. The van der Waals surface area contributed by atoms with E-state index in [0.29, 0.717) is 5.75 Å². The molecular formula is C32H27NO5. The molecule has 0 heterocycles. The van der Waals surface area contributed by atoms with Gasteiger partial charge in [-0.1, -0.05) is 78.9 Å². The molecule has 4 aromatic rings. The van der Waals surface area contributed by atoms with E-state index in [1.54, 1.807) is 6.07 Å². The van der Waals surface area contributed by atoms with Crippen LogP contribution in [0.3, 0.4) is 0 Å². The second-order valence-corrected chi connectivity index (χ2v) is 9.60. The Labute approximate surface area is 221 Å². The maximum atomic E-state index is 13.8. The molecule has 0 fully saturated rings. The zero-order valence-electron chi connectivity index (χ0n) is 21.0. The molecule has 6 rings (SSSR count). The monoisotopic (exact) mass is 505 g/mol. The summed E-state index contributed by atoms with van der Waals surface area (Å²) in [6.45, 7) is -0.410. The van der Waals surface area contributed by atoms with Gasteiger partial charge in [0, 0.05) is 0 Å². The van der Waals surface area contributed by atoms with E-state index in [0.717, 1.165) is 57.3 Å². The van der Waals surface area contributed by atoms with Gasteiger partial charge < -0.3 is 14.6 Å². The Hall–Kier alpha value is -4.58. The summed E-state index contributed by atoms with van der Waals surface area (Å²) in [5, 5.41) is 9.08. The fourth-order valence-electron chi connectivity index (χ4n) is 5.96. The van der Waals surface area contributed by atoms with E-state index in [1.807, 2.05) is 53.4 Å². The smallest absolute Gasteiger partial charge is 0.411 e. The molecule has 2 aliphatic rings. The van der Waals surface area contributed by atoms with Crippen LogP contribution in [-0.2, 0) is 22.4 Å². The molecule has 1 unspecified atom stereocenters. The number of carbonyl (C=O) groups is 2. The number of benzene rings is 4. The molecule has 4 aromatic carbocycles. The molecule has 1 atom stereocenters. The van der Waals surface area contributed by atoms with Crippen molar-refractivity contribution in [1.29, 1.82) is 0 Å². The molecule has 190 valence electrons. The van der Waals surface area contributed by atoms with Gasteiger partial charge >= 0.3 is 12.1 Å². The maximum Gasteiger partial charge on any atom is 0.411 e. The Bertz CT molecular complexity index is 1500. The molecule has 0 saturated heterocycles. The predicted octanol–water partition coefficient (Wildman–Crippen LogP) is 6.18. The van der Waals surface area contributed by atoms with E-state index < -0.39 is 24.7 Å². The Morgan fingerprint density at radius 2 is 1.32 bits per heavy atom. The molecule has 1 amide bonds. The fourth-order valence-corrected chi connectivity index (χ4v) is 5.96. The van der Waals surface area contributed by atoms with E-state index in [2.05, 4.69) is 36.4 Å². The first-order valence-electron chi connectivity index (χ1n) is 12.7. The van der Waals surface area contributed by atoms with E-state index in [9.17, 15) is 9.59 Å². The predicted molar refractivity (Wildman–Crippen MR) is 143 cm³/mol. The molecule has 38 heavy (non-hydrogen) atoms. The second-order valence-electron chi connectivity index (χ2n) is 9.60. The summed E-state index contributed by atoms with van der Waals surface area (Å²) < 4.78 is 11.0. The lowest BCUT2D eigenvalue weighted by Crippen LogP contribution is -2.39. The number of amides is 1. The van der Waals surface area contributed by atoms with Gasteiger partial charge in [0.1, 0.15) is 5.75 Å². The highest BCUT2D eigenvalue weighted by molar-refractivity contribution is 5.82. The van der Waals surface area contributed by atoms with Crippen LogP contribution in [0.25, 0.3) is 11.1 Å². The molecule has 0 aromatic heterocycles. The number of carboxylic acids is 1. The number of rotatable bonds is 5. The van der Waals surface area contributed by atoms with Crippen LogP contribution in [0.2, 0.25) is 0 Å². The summed E-state index contributed by atoms with van der Waals surface area (Å²) in [6.07, 6.45) is 1.11. The summed E-state index contributed by atoms with van der Waals surface area (Å²) in [7, 11) is 1.43. The highest BCUT2D eigenvalue weighted by Crippen LogP contribution is 2.51. The van der Waals surface area contributed by atoms with Crippen molar-refractivity contribution in [3.05, 3.63) is 124 Å². The van der Waals surface area contributed by atoms with Gasteiger partial charge in [-0.15, -0.1) is 0 Å². The zero-order valence-corrected chi connectivity index (χ0v) is 21.0. The SMILES string of the molecule is COC(=O)N(C1c2ccccc2CCc2cc(OCC(=O)O)ccc21)C1c2ccccc2-c2ccccc21. The molecule has 0 saturated carbocycles. The number of hydrogen-bond acceptors (Lipinski definition) is 4.